The summed E-state index contributed by atoms with van der Waals surface area (Å²) in [4.78, 5) is 11.4. The average molecular weight is 266 g/mol. The van der Waals surface area contributed by atoms with Gasteiger partial charge in [-0.1, -0.05) is 23.7 Å². The molecule has 18 heavy (non-hydrogen) atoms. The van der Waals surface area contributed by atoms with E-state index in [-0.39, 0.29) is 12.5 Å². The normalized spacial score (nSPS) is 10.4. The van der Waals surface area contributed by atoms with Crippen molar-refractivity contribution in [2.45, 2.75) is 6.61 Å². The molecule has 2 rings (SSSR count). The molecule has 0 fully saturated rings. The summed E-state index contributed by atoms with van der Waals surface area (Å²) in [6, 6.07) is 6.80. The number of aliphatic hydroxyl groups excluding tert-OH is 1. The van der Waals surface area contributed by atoms with Crippen LogP contribution in [0.1, 0.15) is 16.1 Å². The average Bonchev–Trinajstić information content (AvgIpc) is 2.86. The van der Waals surface area contributed by atoms with Gasteiger partial charge in [0.2, 0.25) is 0 Å². The summed E-state index contributed by atoms with van der Waals surface area (Å²) in [6.45, 7) is -0.148. The van der Waals surface area contributed by atoms with Gasteiger partial charge in [0.25, 0.3) is 5.91 Å². The number of carbonyl (C=O) groups excluding carboxylic acids is 1. The van der Waals surface area contributed by atoms with Gasteiger partial charge < -0.3 is 10.4 Å². The van der Waals surface area contributed by atoms with E-state index in [9.17, 15) is 9.90 Å². The molecule has 2 N–H and O–H groups in total. The van der Waals surface area contributed by atoms with Crippen LogP contribution < -0.4 is 5.32 Å². The highest BCUT2D eigenvalue weighted by atomic mass is 35.5. The van der Waals surface area contributed by atoms with E-state index in [1.807, 2.05) is 0 Å². The molecule has 2 aromatic rings. The number of para-hydroxylation sites is 1. The lowest BCUT2D eigenvalue weighted by Gasteiger charge is -2.09. The van der Waals surface area contributed by atoms with E-state index in [0.717, 1.165) is 0 Å². The van der Waals surface area contributed by atoms with E-state index in [2.05, 4.69) is 10.4 Å². The molecule has 1 aromatic heterocycles. The molecule has 6 heteroatoms. The largest absolute Gasteiger partial charge is 0.392 e. The van der Waals surface area contributed by atoms with Gasteiger partial charge in [-0.25, -0.2) is 4.68 Å². The second-order valence-electron chi connectivity index (χ2n) is 3.63. The van der Waals surface area contributed by atoms with Crippen LogP contribution in [0.4, 0.5) is 0 Å². The molecule has 1 heterocycles. The van der Waals surface area contributed by atoms with Crippen LogP contribution in [-0.4, -0.2) is 27.8 Å². The van der Waals surface area contributed by atoms with Gasteiger partial charge in [0, 0.05) is 18.8 Å². The first kappa shape index (κ1) is 12.6. The summed E-state index contributed by atoms with van der Waals surface area (Å²) in [5.74, 6) is -0.272. The van der Waals surface area contributed by atoms with Crippen molar-refractivity contribution in [1.29, 1.82) is 0 Å². The zero-order valence-electron chi connectivity index (χ0n) is 9.72. The van der Waals surface area contributed by atoms with E-state index < -0.39 is 0 Å². The van der Waals surface area contributed by atoms with E-state index in [1.165, 1.54) is 11.7 Å². The summed E-state index contributed by atoms with van der Waals surface area (Å²) in [7, 11) is 1.54. The highest BCUT2D eigenvalue weighted by molar-refractivity contribution is 6.32. The Labute approximate surface area is 109 Å². The number of aromatic nitrogens is 2. The topological polar surface area (TPSA) is 67.2 Å². The van der Waals surface area contributed by atoms with Crippen LogP contribution >= 0.6 is 11.6 Å². The third-order valence-electron chi connectivity index (χ3n) is 2.52. The smallest absolute Gasteiger partial charge is 0.271 e. The molecular formula is C12H12ClN3O2. The van der Waals surface area contributed by atoms with Gasteiger partial charge in [0.1, 0.15) is 0 Å². The number of nitrogens with zero attached hydrogens (tertiary/aromatic N) is 2. The first-order valence-electron chi connectivity index (χ1n) is 5.33. The second-order valence-corrected chi connectivity index (χ2v) is 4.04. The fraction of sp³-hybridized carbons (Fsp3) is 0.167. The first-order chi connectivity index (χ1) is 8.67. The molecule has 0 unspecified atom stereocenters. The zero-order chi connectivity index (χ0) is 13.1. The highest BCUT2D eigenvalue weighted by Crippen LogP contribution is 2.24. The maximum Gasteiger partial charge on any atom is 0.271 e. The van der Waals surface area contributed by atoms with Crippen molar-refractivity contribution in [2.75, 3.05) is 7.05 Å². The van der Waals surface area contributed by atoms with Gasteiger partial charge in [-0.15, -0.1) is 0 Å². The Morgan fingerprint density at radius 3 is 2.94 bits per heavy atom. The Balaban J connectivity index is 2.49. The lowest BCUT2D eigenvalue weighted by molar-refractivity contribution is 0.0957. The minimum atomic E-state index is -0.272. The van der Waals surface area contributed by atoms with Crippen LogP contribution in [0.25, 0.3) is 5.69 Å². The van der Waals surface area contributed by atoms with Crippen molar-refractivity contribution in [3.63, 3.8) is 0 Å². The maximum absolute atomic E-state index is 11.4. The second kappa shape index (κ2) is 5.20. The summed E-state index contributed by atoms with van der Waals surface area (Å²) < 4.78 is 1.48. The molecule has 0 aliphatic heterocycles. The standard InChI is InChI=1S/C12H12ClN3O2/c1-14-12(18)10-5-6-16(15-10)11-8(7-17)3-2-4-9(11)13/h2-6,17H,7H2,1H3,(H,14,18). The minimum absolute atomic E-state index is 0.148. The summed E-state index contributed by atoms with van der Waals surface area (Å²) >= 11 is 6.09. The lowest BCUT2D eigenvalue weighted by atomic mass is 10.2. The number of benzene rings is 1. The fourth-order valence-corrected chi connectivity index (χ4v) is 1.92. The molecule has 0 atom stereocenters. The van der Waals surface area contributed by atoms with Crippen LogP contribution in [0.15, 0.2) is 30.5 Å². The quantitative estimate of drug-likeness (QED) is 0.881. The van der Waals surface area contributed by atoms with E-state index >= 15 is 0 Å². The molecule has 0 spiro atoms. The molecule has 1 amide bonds. The van der Waals surface area contributed by atoms with Crippen molar-refractivity contribution < 1.29 is 9.90 Å². The van der Waals surface area contributed by atoms with Crippen molar-refractivity contribution in [2.24, 2.45) is 0 Å². The first-order valence-corrected chi connectivity index (χ1v) is 5.71. The number of amides is 1. The highest BCUT2D eigenvalue weighted by Gasteiger charge is 2.12. The summed E-state index contributed by atoms with van der Waals surface area (Å²) in [5, 5.41) is 16.4. The number of hydrogen-bond donors (Lipinski definition) is 2. The summed E-state index contributed by atoms with van der Waals surface area (Å²) in [6.07, 6.45) is 1.63. The van der Waals surface area contributed by atoms with Crippen LogP contribution in [0.5, 0.6) is 0 Å². The van der Waals surface area contributed by atoms with Gasteiger partial charge >= 0.3 is 0 Å². The van der Waals surface area contributed by atoms with Crippen molar-refractivity contribution in [3.8, 4) is 5.69 Å². The Morgan fingerprint density at radius 1 is 1.50 bits per heavy atom. The predicted molar refractivity (Wildman–Crippen MR) is 67.9 cm³/mol. The van der Waals surface area contributed by atoms with Gasteiger partial charge in [0.05, 0.1) is 17.3 Å². The Kier molecular flexibility index (Phi) is 3.64. The molecule has 0 saturated heterocycles. The molecule has 0 aliphatic rings. The molecule has 94 valence electrons. The van der Waals surface area contributed by atoms with Crippen molar-refractivity contribution in [1.82, 2.24) is 15.1 Å². The fourth-order valence-electron chi connectivity index (χ4n) is 1.64. The van der Waals surface area contributed by atoms with Crippen LogP contribution in [0.2, 0.25) is 5.02 Å². The van der Waals surface area contributed by atoms with E-state index in [0.29, 0.717) is 22.0 Å². The Morgan fingerprint density at radius 2 is 2.28 bits per heavy atom. The Bertz CT molecular complexity index is 580. The monoisotopic (exact) mass is 265 g/mol. The Hall–Kier alpha value is -1.85. The summed E-state index contributed by atoms with van der Waals surface area (Å²) in [5.41, 5.74) is 1.52. The lowest BCUT2D eigenvalue weighted by Crippen LogP contribution is -2.18. The van der Waals surface area contributed by atoms with Gasteiger partial charge in [-0.05, 0) is 12.1 Å². The molecule has 1 aromatic carbocycles. The van der Waals surface area contributed by atoms with Crippen molar-refractivity contribution in [3.05, 3.63) is 46.7 Å². The number of rotatable bonds is 3. The van der Waals surface area contributed by atoms with Gasteiger partial charge in [-0.2, -0.15) is 5.10 Å². The third-order valence-corrected chi connectivity index (χ3v) is 2.82. The number of halogens is 1. The molecule has 0 radical (unpaired) electrons. The molecule has 0 bridgehead atoms. The van der Waals surface area contributed by atoms with Gasteiger partial charge in [-0.3, -0.25) is 4.79 Å². The van der Waals surface area contributed by atoms with E-state index in [1.54, 1.807) is 30.5 Å². The zero-order valence-corrected chi connectivity index (χ0v) is 10.5. The predicted octanol–water partition coefficient (Wildman–Crippen LogP) is 1.38. The van der Waals surface area contributed by atoms with E-state index in [4.69, 9.17) is 11.6 Å². The number of nitrogens with one attached hydrogen (secondary N) is 1. The van der Waals surface area contributed by atoms with Gasteiger partial charge in [0.15, 0.2) is 5.69 Å². The SMILES string of the molecule is CNC(=O)c1ccn(-c2c(Cl)cccc2CO)n1. The van der Waals surface area contributed by atoms with Crippen LogP contribution in [0.3, 0.4) is 0 Å². The van der Waals surface area contributed by atoms with Crippen molar-refractivity contribution >= 4 is 17.5 Å². The molecular weight excluding hydrogens is 254 g/mol. The number of hydrogen-bond acceptors (Lipinski definition) is 3. The third kappa shape index (κ3) is 2.23. The maximum atomic E-state index is 11.4. The number of carbonyl (C=O) groups is 1. The molecule has 0 aliphatic carbocycles. The van der Waals surface area contributed by atoms with Crippen LogP contribution in [0, 0.1) is 0 Å². The van der Waals surface area contributed by atoms with Crippen LogP contribution in [-0.2, 0) is 6.61 Å². The number of aliphatic hydroxyl groups is 1. The molecule has 5 nitrogen and oxygen atoms in total. The minimum Gasteiger partial charge on any atom is -0.392 e. The molecule has 0 saturated carbocycles.